The molecule has 2 heterocycles. The molecule has 0 radical (unpaired) electrons. The van der Waals surface area contributed by atoms with Crippen LogP contribution in [0.15, 0.2) is 30.3 Å². The highest BCUT2D eigenvalue weighted by molar-refractivity contribution is 5.97. The first-order valence-electron chi connectivity index (χ1n) is 10.0. The van der Waals surface area contributed by atoms with E-state index >= 15 is 0 Å². The minimum Gasteiger partial charge on any atom is -0.340 e. The van der Waals surface area contributed by atoms with E-state index in [4.69, 9.17) is 0 Å². The summed E-state index contributed by atoms with van der Waals surface area (Å²) in [6, 6.07) is 10.8. The fraction of sp³-hybridized carbons (Fsp3) is 0.619. The first-order valence-corrected chi connectivity index (χ1v) is 10.0. The van der Waals surface area contributed by atoms with E-state index in [0.29, 0.717) is 6.04 Å². The predicted molar refractivity (Wildman–Crippen MR) is 103 cm³/mol. The molecule has 2 aliphatic heterocycles. The number of likely N-dealkylation sites (tertiary alicyclic amines) is 1. The Kier molecular flexibility index (Phi) is 6.67. The fourth-order valence-electron chi connectivity index (χ4n) is 4.09. The molecule has 2 aliphatic rings. The lowest BCUT2D eigenvalue weighted by Crippen LogP contribution is -2.50. The van der Waals surface area contributed by atoms with E-state index in [2.05, 4.69) is 36.1 Å². The molecule has 142 valence electrons. The van der Waals surface area contributed by atoms with Gasteiger partial charge in [0.1, 0.15) is 6.42 Å². The van der Waals surface area contributed by atoms with Crippen molar-refractivity contribution in [3.8, 4) is 0 Å². The summed E-state index contributed by atoms with van der Waals surface area (Å²) in [5, 5.41) is 0. The molecule has 0 saturated carbocycles. The van der Waals surface area contributed by atoms with Gasteiger partial charge in [0.25, 0.3) is 0 Å². The Bertz CT molecular complexity index is 597. The smallest absolute Gasteiger partial charge is 0.232 e. The van der Waals surface area contributed by atoms with Crippen molar-refractivity contribution in [1.29, 1.82) is 0 Å². The largest absolute Gasteiger partial charge is 0.340 e. The van der Waals surface area contributed by atoms with E-state index in [9.17, 15) is 9.59 Å². The van der Waals surface area contributed by atoms with Gasteiger partial charge in [-0.3, -0.25) is 14.5 Å². The van der Waals surface area contributed by atoms with E-state index in [1.807, 2.05) is 15.9 Å². The molecule has 2 saturated heterocycles. The summed E-state index contributed by atoms with van der Waals surface area (Å²) >= 11 is 0. The van der Waals surface area contributed by atoms with Gasteiger partial charge in [-0.1, -0.05) is 37.3 Å². The second-order valence-corrected chi connectivity index (χ2v) is 7.46. The number of amides is 2. The monoisotopic (exact) mass is 357 g/mol. The van der Waals surface area contributed by atoms with Crippen molar-refractivity contribution in [2.45, 2.75) is 51.6 Å². The van der Waals surface area contributed by atoms with Crippen molar-refractivity contribution in [3.05, 3.63) is 35.9 Å². The zero-order chi connectivity index (χ0) is 18.4. The SMILES string of the molecule is CCC1CCCCN1C(=O)CC(=O)N1CCN(Cc2ccccc2)CC1. The lowest BCUT2D eigenvalue weighted by atomic mass is 9.99. The van der Waals surface area contributed by atoms with Crippen LogP contribution in [0.25, 0.3) is 0 Å². The average Bonchev–Trinajstić information content (AvgIpc) is 2.69. The van der Waals surface area contributed by atoms with Gasteiger partial charge in [-0.15, -0.1) is 0 Å². The number of hydrogen-bond donors (Lipinski definition) is 0. The number of benzene rings is 1. The van der Waals surface area contributed by atoms with Gasteiger partial charge in [-0.25, -0.2) is 0 Å². The molecule has 5 nitrogen and oxygen atoms in total. The van der Waals surface area contributed by atoms with Crippen LogP contribution in [0, 0.1) is 0 Å². The lowest BCUT2D eigenvalue weighted by molar-refractivity contribution is -0.143. The van der Waals surface area contributed by atoms with Gasteiger partial charge in [0.2, 0.25) is 11.8 Å². The van der Waals surface area contributed by atoms with Crippen LogP contribution in [0.2, 0.25) is 0 Å². The van der Waals surface area contributed by atoms with Crippen LogP contribution in [0.1, 0.15) is 44.6 Å². The molecule has 1 atom stereocenters. The van der Waals surface area contributed by atoms with Crippen LogP contribution in [0.3, 0.4) is 0 Å². The molecule has 1 unspecified atom stereocenters. The minimum atomic E-state index is -0.00483. The van der Waals surface area contributed by atoms with E-state index < -0.39 is 0 Å². The summed E-state index contributed by atoms with van der Waals surface area (Å²) < 4.78 is 0. The summed E-state index contributed by atoms with van der Waals surface area (Å²) in [7, 11) is 0. The molecular formula is C21H31N3O2. The quantitative estimate of drug-likeness (QED) is 0.761. The molecule has 0 spiro atoms. The Labute approximate surface area is 156 Å². The highest BCUT2D eigenvalue weighted by Gasteiger charge is 2.29. The normalized spacial score (nSPS) is 21.7. The molecule has 5 heteroatoms. The van der Waals surface area contributed by atoms with Gasteiger partial charge in [0.05, 0.1) is 0 Å². The topological polar surface area (TPSA) is 43.9 Å². The summed E-state index contributed by atoms with van der Waals surface area (Å²) in [5.74, 6) is 0.0167. The molecule has 1 aromatic rings. The second-order valence-electron chi connectivity index (χ2n) is 7.46. The van der Waals surface area contributed by atoms with Gasteiger partial charge in [-0.05, 0) is 31.2 Å². The summed E-state index contributed by atoms with van der Waals surface area (Å²) in [4.78, 5) is 31.4. The lowest BCUT2D eigenvalue weighted by Gasteiger charge is -2.37. The summed E-state index contributed by atoms with van der Waals surface area (Å²) in [5.41, 5.74) is 1.30. The summed E-state index contributed by atoms with van der Waals surface area (Å²) in [6.07, 6.45) is 4.36. The Balaban J connectivity index is 1.45. The standard InChI is InChI=1S/C21H31N3O2/c1-2-19-10-6-7-11-24(19)21(26)16-20(25)23-14-12-22(13-15-23)17-18-8-4-3-5-9-18/h3-5,8-9,19H,2,6-7,10-17H2,1H3. The summed E-state index contributed by atoms with van der Waals surface area (Å²) in [6.45, 7) is 7.05. The maximum atomic E-state index is 12.6. The predicted octanol–water partition coefficient (Wildman–Crippen LogP) is 2.51. The van der Waals surface area contributed by atoms with Crippen molar-refractivity contribution in [2.24, 2.45) is 0 Å². The van der Waals surface area contributed by atoms with Crippen LogP contribution in [-0.2, 0) is 16.1 Å². The van der Waals surface area contributed by atoms with E-state index in [1.165, 1.54) is 12.0 Å². The molecular weight excluding hydrogens is 326 g/mol. The van der Waals surface area contributed by atoms with Gasteiger partial charge in [-0.2, -0.15) is 0 Å². The van der Waals surface area contributed by atoms with Gasteiger partial charge in [0.15, 0.2) is 0 Å². The van der Waals surface area contributed by atoms with Crippen LogP contribution in [0.5, 0.6) is 0 Å². The number of piperidine rings is 1. The molecule has 2 amide bonds. The van der Waals surface area contributed by atoms with E-state index in [1.54, 1.807) is 0 Å². The van der Waals surface area contributed by atoms with Gasteiger partial charge < -0.3 is 9.80 Å². The van der Waals surface area contributed by atoms with E-state index in [0.717, 1.165) is 58.5 Å². The number of carbonyl (C=O) groups excluding carboxylic acids is 2. The zero-order valence-corrected chi connectivity index (χ0v) is 15.9. The van der Waals surface area contributed by atoms with Gasteiger partial charge >= 0.3 is 0 Å². The Hall–Kier alpha value is -1.88. The third kappa shape index (κ3) is 4.85. The van der Waals surface area contributed by atoms with Crippen molar-refractivity contribution < 1.29 is 9.59 Å². The highest BCUT2D eigenvalue weighted by atomic mass is 16.2. The molecule has 2 fully saturated rings. The maximum absolute atomic E-state index is 12.6. The van der Waals surface area contributed by atoms with E-state index in [-0.39, 0.29) is 18.2 Å². The zero-order valence-electron chi connectivity index (χ0n) is 15.9. The Morgan fingerprint density at radius 2 is 1.69 bits per heavy atom. The Morgan fingerprint density at radius 1 is 0.962 bits per heavy atom. The number of nitrogens with zero attached hydrogens (tertiary/aromatic N) is 3. The third-order valence-corrected chi connectivity index (χ3v) is 5.70. The minimum absolute atomic E-state index is 0.00483. The number of hydrogen-bond acceptors (Lipinski definition) is 3. The van der Waals surface area contributed by atoms with Crippen LogP contribution in [0.4, 0.5) is 0 Å². The molecule has 0 aliphatic carbocycles. The first kappa shape index (κ1) is 18.9. The number of rotatable bonds is 5. The molecule has 3 rings (SSSR count). The van der Waals surface area contributed by atoms with Crippen molar-refractivity contribution in [2.75, 3.05) is 32.7 Å². The Morgan fingerprint density at radius 3 is 2.38 bits per heavy atom. The third-order valence-electron chi connectivity index (χ3n) is 5.70. The molecule has 0 N–H and O–H groups in total. The molecule has 0 aromatic heterocycles. The number of carbonyl (C=O) groups is 2. The van der Waals surface area contributed by atoms with Crippen LogP contribution in [-0.4, -0.2) is 65.3 Å². The fourth-order valence-corrected chi connectivity index (χ4v) is 4.09. The highest BCUT2D eigenvalue weighted by Crippen LogP contribution is 2.20. The van der Waals surface area contributed by atoms with Crippen molar-refractivity contribution >= 4 is 11.8 Å². The average molecular weight is 357 g/mol. The van der Waals surface area contributed by atoms with Gasteiger partial charge in [0, 0.05) is 45.3 Å². The molecule has 0 bridgehead atoms. The van der Waals surface area contributed by atoms with Crippen LogP contribution >= 0.6 is 0 Å². The maximum Gasteiger partial charge on any atom is 0.232 e. The van der Waals surface area contributed by atoms with Crippen LogP contribution < -0.4 is 0 Å². The van der Waals surface area contributed by atoms with Crippen molar-refractivity contribution in [3.63, 3.8) is 0 Å². The first-order chi connectivity index (χ1) is 12.7. The molecule has 26 heavy (non-hydrogen) atoms. The molecule has 1 aromatic carbocycles. The number of piperazine rings is 1. The van der Waals surface area contributed by atoms with Crippen molar-refractivity contribution in [1.82, 2.24) is 14.7 Å². The second kappa shape index (κ2) is 9.17.